The van der Waals surface area contributed by atoms with Crippen molar-refractivity contribution in [2.75, 3.05) is 27.9 Å². The number of carbonyl (C=O) groups is 1. The molecule has 1 aliphatic rings. The molecule has 8 nitrogen and oxygen atoms in total. The third-order valence-electron chi connectivity index (χ3n) is 6.10. The van der Waals surface area contributed by atoms with Gasteiger partial charge in [0, 0.05) is 18.2 Å². The van der Waals surface area contributed by atoms with E-state index in [1.165, 1.54) is 0 Å². The average molecular weight is 452 g/mol. The number of rotatable bonds is 7. The van der Waals surface area contributed by atoms with Crippen LogP contribution in [0, 0.1) is 0 Å². The maximum Gasteiger partial charge on any atom is 0.259 e. The van der Waals surface area contributed by atoms with Crippen molar-refractivity contribution in [1.82, 2.24) is 15.0 Å². The molecular weight excluding hydrogens is 422 g/mol. The third-order valence-corrected chi connectivity index (χ3v) is 6.10. The van der Waals surface area contributed by atoms with Crippen molar-refractivity contribution >= 4 is 5.91 Å². The van der Waals surface area contributed by atoms with Gasteiger partial charge in [-0.1, -0.05) is 24.2 Å². The molecule has 0 saturated carbocycles. The zero-order valence-corrected chi connectivity index (χ0v) is 19.5. The molecule has 8 heteroatoms. The van der Waals surface area contributed by atoms with Crippen LogP contribution in [0.5, 0.6) is 17.2 Å². The number of carbonyl (C=O) groups excluding carboxylic acids is 1. The number of nitrogens with zero attached hydrogens (tertiary/aromatic N) is 3. The number of amides is 1. The van der Waals surface area contributed by atoms with Crippen LogP contribution in [0.3, 0.4) is 0 Å². The lowest BCUT2D eigenvalue weighted by molar-refractivity contribution is 0.0608. The van der Waals surface area contributed by atoms with Gasteiger partial charge in [0.2, 0.25) is 11.6 Å². The third kappa shape index (κ3) is 4.37. The number of methoxy groups -OCH3 is 3. The van der Waals surface area contributed by atoms with Crippen molar-refractivity contribution < 1.29 is 23.5 Å². The van der Waals surface area contributed by atoms with E-state index in [0.717, 1.165) is 32.2 Å². The highest BCUT2D eigenvalue weighted by Gasteiger charge is 2.29. The normalized spacial score (nSPS) is 15.9. The second-order valence-electron chi connectivity index (χ2n) is 7.94. The molecule has 174 valence electrons. The largest absolute Gasteiger partial charge is 0.493 e. The first kappa shape index (κ1) is 22.6. The number of piperidine rings is 1. The summed E-state index contributed by atoms with van der Waals surface area (Å²) < 4.78 is 21.8. The molecule has 0 N–H and O–H groups in total. The van der Waals surface area contributed by atoms with Crippen molar-refractivity contribution in [3.63, 3.8) is 0 Å². The van der Waals surface area contributed by atoms with Crippen molar-refractivity contribution in [1.29, 1.82) is 0 Å². The molecule has 1 amide bonds. The van der Waals surface area contributed by atoms with Crippen molar-refractivity contribution in [3.8, 4) is 40.1 Å². The number of aromatic nitrogens is 2. The van der Waals surface area contributed by atoms with Gasteiger partial charge >= 0.3 is 0 Å². The van der Waals surface area contributed by atoms with Crippen LogP contribution >= 0.6 is 0 Å². The first-order chi connectivity index (χ1) is 16.1. The molecule has 4 rings (SSSR count). The van der Waals surface area contributed by atoms with Crippen LogP contribution in [0.2, 0.25) is 0 Å². The summed E-state index contributed by atoms with van der Waals surface area (Å²) in [6.07, 6.45) is 4.16. The molecule has 1 unspecified atom stereocenters. The Morgan fingerprint density at radius 1 is 1.09 bits per heavy atom. The molecule has 1 aliphatic heterocycles. The molecule has 0 aliphatic carbocycles. The highest BCUT2D eigenvalue weighted by molar-refractivity contribution is 6.00. The van der Waals surface area contributed by atoms with Crippen LogP contribution in [0.1, 0.15) is 43.0 Å². The summed E-state index contributed by atoms with van der Waals surface area (Å²) >= 11 is 0. The molecule has 0 spiro atoms. The van der Waals surface area contributed by atoms with Crippen LogP contribution < -0.4 is 14.2 Å². The minimum atomic E-state index is 0.00434. The van der Waals surface area contributed by atoms with Crippen LogP contribution in [0.25, 0.3) is 22.8 Å². The van der Waals surface area contributed by atoms with Crippen molar-refractivity contribution in [2.45, 2.75) is 38.6 Å². The van der Waals surface area contributed by atoms with Crippen LogP contribution in [-0.4, -0.2) is 54.9 Å². The van der Waals surface area contributed by atoms with Gasteiger partial charge in [0.25, 0.3) is 11.8 Å². The van der Waals surface area contributed by atoms with E-state index in [-0.39, 0.29) is 17.8 Å². The lowest BCUT2D eigenvalue weighted by Gasteiger charge is -2.35. The summed E-state index contributed by atoms with van der Waals surface area (Å²) in [4.78, 5) is 20.0. The van der Waals surface area contributed by atoms with Gasteiger partial charge in [-0.25, -0.2) is 0 Å². The second kappa shape index (κ2) is 9.94. The summed E-state index contributed by atoms with van der Waals surface area (Å²) in [5.74, 6) is 2.11. The van der Waals surface area contributed by atoms with E-state index in [4.69, 9.17) is 18.7 Å². The Labute approximate surface area is 193 Å². The highest BCUT2D eigenvalue weighted by atomic mass is 16.5. The molecule has 1 saturated heterocycles. The van der Waals surface area contributed by atoms with Gasteiger partial charge in [-0.2, -0.15) is 4.98 Å². The zero-order valence-electron chi connectivity index (χ0n) is 19.5. The van der Waals surface area contributed by atoms with E-state index >= 15 is 0 Å². The van der Waals surface area contributed by atoms with Crippen LogP contribution in [-0.2, 0) is 0 Å². The van der Waals surface area contributed by atoms with E-state index in [1.54, 1.807) is 33.5 Å². The molecule has 2 aromatic carbocycles. The Morgan fingerprint density at radius 3 is 2.48 bits per heavy atom. The molecule has 0 radical (unpaired) electrons. The minimum Gasteiger partial charge on any atom is -0.493 e. The molecule has 2 heterocycles. The molecule has 33 heavy (non-hydrogen) atoms. The smallest absolute Gasteiger partial charge is 0.259 e. The lowest BCUT2D eigenvalue weighted by Crippen LogP contribution is -2.43. The van der Waals surface area contributed by atoms with Gasteiger partial charge in [0.1, 0.15) is 0 Å². The lowest BCUT2D eigenvalue weighted by atomic mass is 9.97. The summed E-state index contributed by atoms with van der Waals surface area (Å²) in [5.41, 5.74) is 1.83. The van der Waals surface area contributed by atoms with E-state index < -0.39 is 0 Å². The molecule has 1 fully saturated rings. The Kier molecular flexibility index (Phi) is 6.82. The maximum atomic E-state index is 13.5. The number of benzene rings is 2. The topological polar surface area (TPSA) is 86.9 Å². The molecule has 0 bridgehead atoms. The zero-order chi connectivity index (χ0) is 23.4. The first-order valence-corrected chi connectivity index (χ1v) is 11.2. The number of hydrogen-bond acceptors (Lipinski definition) is 7. The second-order valence-corrected chi connectivity index (χ2v) is 7.94. The summed E-state index contributed by atoms with van der Waals surface area (Å²) in [6, 6.07) is 11.2. The highest BCUT2D eigenvalue weighted by Crippen LogP contribution is 2.41. The minimum absolute atomic E-state index is 0.00434. The summed E-state index contributed by atoms with van der Waals surface area (Å²) in [7, 11) is 4.65. The quantitative estimate of drug-likeness (QED) is 0.508. The van der Waals surface area contributed by atoms with Crippen molar-refractivity contribution in [2.24, 2.45) is 0 Å². The van der Waals surface area contributed by atoms with E-state index in [0.29, 0.717) is 39.8 Å². The van der Waals surface area contributed by atoms with Gasteiger partial charge in [0.05, 0.1) is 32.5 Å². The monoisotopic (exact) mass is 451 g/mol. The Hall–Kier alpha value is -3.55. The number of hydrogen-bond donors (Lipinski definition) is 0. The fourth-order valence-corrected chi connectivity index (χ4v) is 4.36. The Balaban J connectivity index is 1.70. The average Bonchev–Trinajstić information content (AvgIpc) is 3.37. The van der Waals surface area contributed by atoms with Gasteiger partial charge in [-0.15, -0.1) is 0 Å². The van der Waals surface area contributed by atoms with Gasteiger partial charge in [-0.05, 0) is 49.9 Å². The fraction of sp³-hybridized carbons (Fsp3) is 0.400. The molecule has 1 aromatic heterocycles. The predicted octanol–water partition coefficient (Wildman–Crippen LogP) is 4.83. The SMILES string of the molecule is CCC1CCCCN1C(=O)c1ccccc1-c1nc(-c2cc(OC)c(OC)c(OC)c2)no1. The first-order valence-electron chi connectivity index (χ1n) is 11.2. The molecular formula is C25H29N3O5. The van der Waals surface area contributed by atoms with Crippen LogP contribution in [0.4, 0.5) is 0 Å². The molecule has 3 aromatic rings. The van der Waals surface area contributed by atoms with E-state index in [9.17, 15) is 4.79 Å². The molecule has 1 atom stereocenters. The van der Waals surface area contributed by atoms with Crippen molar-refractivity contribution in [3.05, 3.63) is 42.0 Å². The Morgan fingerprint density at radius 2 is 1.82 bits per heavy atom. The van der Waals surface area contributed by atoms with E-state index in [2.05, 4.69) is 17.1 Å². The summed E-state index contributed by atoms with van der Waals surface area (Å²) in [5, 5.41) is 4.15. The van der Waals surface area contributed by atoms with Gasteiger partial charge in [0.15, 0.2) is 11.5 Å². The fourth-order valence-electron chi connectivity index (χ4n) is 4.36. The van der Waals surface area contributed by atoms with Gasteiger partial charge < -0.3 is 23.6 Å². The predicted molar refractivity (Wildman–Crippen MR) is 124 cm³/mol. The summed E-state index contributed by atoms with van der Waals surface area (Å²) in [6.45, 7) is 2.90. The number of ether oxygens (including phenoxy) is 3. The number of likely N-dealkylation sites (tertiary alicyclic amines) is 1. The standard InChI is InChI=1S/C25H29N3O5/c1-5-17-10-8-9-13-28(17)25(29)19-12-7-6-11-18(19)24-26-23(27-33-24)16-14-20(30-2)22(32-4)21(15-16)31-3/h6-7,11-12,14-15,17H,5,8-10,13H2,1-4H3. The Bertz CT molecular complexity index is 1100. The van der Waals surface area contributed by atoms with Crippen LogP contribution in [0.15, 0.2) is 40.9 Å². The van der Waals surface area contributed by atoms with Gasteiger partial charge in [-0.3, -0.25) is 4.79 Å². The van der Waals surface area contributed by atoms with E-state index in [1.807, 2.05) is 29.2 Å². The maximum absolute atomic E-state index is 13.5.